The number of rotatable bonds is 8. The lowest BCUT2D eigenvalue weighted by atomic mass is 9.90. The van der Waals surface area contributed by atoms with Gasteiger partial charge in [0, 0.05) is 19.6 Å². The molecule has 0 spiro atoms. The Morgan fingerprint density at radius 2 is 1.70 bits per heavy atom. The van der Waals surface area contributed by atoms with E-state index in [0.717, 1.165) is 36.1 Å². The van der Waals surface area contributed by atoms with E-state index in [1.54, 1.807) is 45.0 Å². The highest BCUT2D eigenvalue weighted by molar-refractivity contribution is 7.12. The summed E-state index contributed by atoms with van der Waals surface area (Å²) in [5.74, 6) is 0.253. The van der Waals surface area contributed by atoms with E-state index in [-0.39, 0.29) is 30.3 Å². The zero-order valence-corrected chi connectivity index (χ0v) is 27.7. The third kappa shape index (κ3) is 8.72. The topological polar surface area (TPSA) is 97.0 Å². The Hall–Kier alpha value is -3.90. The maximum atomic E-state index is 13.6. The zero-order valence-electron chi connectivity index (χ0n) is 26.9. The fraction of sp³-hybridized carbons (Fsp3) is 0.457. The Balaban J connectivity index is 1.21. The Morgan fingerprint density at radius 1 is 1.02 bits per heavy atom. The summed E-state index contributed by atoms with van der Waals surface area (Å²) in [6.45, 7) is 9.42. The summed E-state index contributed by atoms with van der Waals surface area (Å²) in [7, 11) is 0. The van der Waals surface area contributed by atoms with Gasteiger partial charge in [0.2, 0.25) is 5.91 Å². The number of piperidine rings is 1. The molecule has 47 heavy (non-hydrogen) atoms. The molecule has 3 amide bonds. The van der Waals surface area contributed by atoms with Gasteiger partial charge in [-0.2, -0.15) is 13.2 Å². The van der Waals surface area contributed by atoms with Crippen LogP contribution in [0.15, 0.2) is 53.9 Å². The van der Waals surface area contributed by atoms with Crippen molar-refractivity contribution in [2.24, 2.45) is 5.92 Å². The largest absolute Gasteiger partial charge is 0.444 e. The number of ether oxygens (including phenoxy) is 2. The van der Waals surface area contributed by atoms with Crippen LogP contribution in [0.4, 0.5) is 18.0 Å². The van der Waals surface area contributed by atoms with Crippen molar-refractivity contribution in [1.29, 1.82) is 0 Å². The molecule has 0 unspecified atom stereocenters. The molecular formula is C35H40F3N3O5S. The summed E-state index contributed by atoms with van der Waals surface area (Å²) in [5.41, 5.74) is 1.75. The van der Waals surface area contributed by atoms with Crippen LogP contribution in [0.5, 0.6) is 0 Å². The van der Waals surface area contributed by atoms with Gasteiger partial charge in [-0.3, -0.25) is 9.59 Å². The number of alkyl carbamates (subject to hydrolysis) is 1. The second kappa shape index (κ2) is 14.1. The number of amides is 3. The van der Waals surface area contributed by atoms with Crippen LogP contribution < -0.4 is 10.6 Å². The highest BCUT2D eigenvalue weighted by atomic mass is 32.1. The molecule has 252 valence electrons. The smallest absolute Gasteiger partial charge is 0.416 e. The Morgan fingerprint density at radius 3 is 2.30 bits per heavy atom. The van der Waals surface area contributed by atoms with Crippen LogP contribution in [-0.4, -0.2) is 54.7 Å². The molecular weight excluding hydrogens is 631 g/mol. The number of carbonyl (C=O) groups is 3. The average molecular weight is 672 g/mol. The number of nitrogens with one attached hydrogen (secondary N) is 2. The van der Waals surface area contributed by atoms with Crippen molar-refractivity contribution in [1.82, 2.24) is 15.5 Å². The second-order valence-electron chi connectivity index (χ2n) is 13.1. The normalized spacial score (nSPS) is 16.7. The lowest BCUT2D eigenvalue weighted by Gasteiger charge is -2.36. The SMILES string of the molecule is C[C@@H](NC(=O)c1cc(C2CCN(C(=O)C3COC3)CC2)cs1)c1ccc(-c2cc(C(F)(F)F)ccc2CNC(=O)OC(C)(C)C)cc1. The number of alkyl halides is 3. The molecule has 2 aromatic carbocycles. The van der Waals surface area contributed by atoms with Gasteiger partial charge in [-0.1, -0.05) is 30.3 Å². The molecule has 0 radical (unpaired) electrons. The van der Waals surface area contributed by atoms with Gasteiger partial charge >= 0.3 is 12.3 Å². The van der Waals surface area contributed by atoms with E-state index in [2.05, 4.69) is 10.6 Å². The minimum absolute atomic E-state index is 0.00708. The summed E-state index contributed by atoms with van der Waals surface area (Å²) in [5, 5.41) is 7.66. The summed E-state index contributed by atoms with van der Waals surface area (Å²) in [6, 6.07) is 12.0. The quantitative estimate of drug-likeness (QED) is 0.262. The number of likely N-dealkylation sites (tertiary alicyclic amines) is 1. The van der Waals surface area contributed by atoms with Gasteiger partial charge in [-0.25, -0.2) is 4.79 Å². The van der Waals surface area contributed by atoms with E-state index in [9.17, 15) is 27.6 Å². The zero-order chi connectivity index (χ0) is 33.9. The molecule has 0 aliphatic carbocycles. The molecule has 12 heteroatoms. The van der Waals surface area contributed by atoms with Crippen LogP contribution in [0, 0.1) is 5.92 Å². The molecule has 2 N–H and O–H groups in total. The van der Waals surface area contributed by atoms with E-state index < -0.39 is 23.4 Å². The number of nitrogens with zero attached hydrogens (tertiary/aromatic N) is 1. The molecule has 0 bridgehead atoms. The van der Waals surface area contributed by atoms with Gasteiger partial charge in [0.25, 0.3) is 5.91 Å². The molecule has 3 heterocycles. The molecule has 5 rings (SSSR count). The minimum atomic E-state index is -4.53. The number of halogens is 3. The molecule has 1 atom stereocenters. The van der Waals surface area contributed by atoms with Crippen molar-refractivity contribution in [3.63, 3.8) is 0 Å². The van der Waals surface area contributed by atoms with Gasteiger partial charge in [0.05, 0.1) is 35.6 Å². The van der Waals surface area contributed by atoms with Crippen molar-refractivity contribution in [2.45, 2.75) is 70.8 Å². The molecule has 2 aliphatic heterocycles. The number of carbonyl (C=O) groups excluding carboxylic acids is 3. The monoisotopic (exact) mass is 671 g/mol. The molecule has 1 aromatic heterocycles. The van der Waals surface area contributed by atoms with Crippen LogP contribution in [0.25, 0.3) is 11.1 Å². The first kappa shape index (κ1) is 34.4. The third-order valence-corrected chi connectivity index (χ3v) is 9.38. The van der Waals surface area contributed by atoms with Crippen LogP contribution in [0.3, 0.4) is 0 Å². The van der Waals surface area contributed by atoms with Crippen molar-refractivity contribution >= 4 is 29.2 Å². The van der Waals surface area contributed by atoms with Gasteiger partial charge in [0.15, 0.2) is 0 Å². The number of hydrogen-bond acceptors (Lipinski definition) is 6. The van der Waals surface area contributed by atoms with Crippen molar-refractivity contribution in [2.75, 3.05) is 26.3 Å². The first-order chi connectivity index (χ1) is 22.2. The summed E-state index contributed by atoms with van der Waals surface area (Å²) < 4.78 is 51.2. The molecule has 2 aliphatic rings. The molecule has 2 fully saturated rings. The van der Waals surface area contributed by atoms with Crippen molar-refractivity contribution < 1.29 is 37.0 Å². The predicted molar refractivity (Wildman–Crippen MR) is 173 cm³/mol. The predicted octanol–water partition coefficient (Wildman–Crippen LogP) is 7.30. The highest BCUT2D eigenvalue weighted by Crippen LogP contribution is 2.35. The first-order valence-corrected chi connectivity index (χ1v) is 16.6. The van der Waals surface area contributed by atoms with Gasteiger partial charge in [0.1, 0.15) is 5.60 Å². The van der Waals surface area contributed by atoms with Gasteiger partial charge in [-0.15, -0.1) is 11.3 Å². The molecule has 2 saturated heterocycles. The average Bonchev–Trinajstić information content (AvgIpc) is 3.49. The van der Waals surface area contributed by atoms with E-state index in [1.807, 2.05) is 23.3 Å². The van der Waals surface area contributed by atoms with Crippen molar-refractivity contribution in [3.8, 4) is 11.1 Å². The van der Waals surface area contributed by atoms with Gasteiger partial charge < -0.3 is 25.0 Å². The van der Waals surface area contributed by atoms with E-state index in [4.69, 9.17) is 9.47 Å². The highest BCUT2D eigenvalue weighted by Gasteiger charge is 2.34. The van der Waals surface area contributed by atoms with Crippen LogP contribution in [0.2, 0.25) is 0 Å². The number of thiophene rings is 1. The molecule has 8 nitrogen and oxygen atoms in total. The fourth-order valence-electron chi connectivity index (χ4n) is 5.71. The summed E-state index contributed by atoms with van der Waals surface area (Å²) in [4.78, 5) is 40.4. The third-order valence-electron chi connectivity index (χ3n) is 8.44. The Labute approximate surface area is 276 Å². The summed E-state index contributed by atoms with van der Waals surface area (Å²) in [6.07, 6.45) is -3.50. The Bertz CT molecular complexity index is 1590. The molecule has 0 saturated carbocycles. The lowest BCUT2D eigenvalue weighted by Crippen LogP contribution is -2.47. The maximum Gasteiger partial charge on any atom is 0.416 e. The van der Waals surface area contributed by atoms with Crippen LogP contribution >= 0.6 is 11.3 Å². The van der Waals surface area contributed by atoms with Gasteiger partial charge in [-0.05, 0) is 97.9 Å². The van der Waals surface area contributed by atoms with Crippen LogP contribution in [0.1, 0.15) is 84.4 Å². The number of benzene rings is 2. The first-order valence-electron chi connectivity index (χ1n) is 15.7. The Kier molecular flexibility index (Phi) is 10.3. The lowest BCUT2D eigenvalue weighted by molar-refractivity contribution is -0.151. The van der Waals surface area contributed by atoms with Crippen molar-refractivity contribution in [3.05, 3.63) is 81.0 Å². The standard InChI is InChI=1S/C35H40F3N3O5S/c1-21(40-31(42)30-15-26(20-47-30)23-11-13-41(14-12-23)32(43)27-18-45-19-27)22-5-7-24(8-6-22)29-16-28(35(36,37)38)10-9-25(29)17-39-33(44)46-34(2,3)4/h5-10,15-16,20-21,23,27H,11-14,17-19H2,1-4H3,(H,39,44)(H,40,42)/t21-/m1/s1. The van der Waals surface area contributed by atoms with E-state index >= 15 is 0 Å². The molecule has 3 aromatic rings. The van der Waals surface area contributed by atoms with E-state index in [1.165, 1.54) is 17.4 Å². The fourth-order valence-corrected chi connectivity index (χ4v) is 6.61. The maximum absolute atomic E-state index is 13.6. The van der Waals surface area contributed by atoms with Crippen LogP contribution in [-0.2, 0) is 27.0 Å². The summed E-state index contributed by atoms with van der Waals surface area (Å²) >= 11 is 1.39. The van der Waals surface area contributed by atoms with E-state index in [0.29, 0.717) is 53.8 Å². The number of hydrogen-bond donors (Lipinski definition) is 2. The minimum Gasteiger partial charge on any atom is -0.444 e. The second-order valence-corrected chi connectivity index (χ2v) is 14.0.